The van der Waals surface area contributed by atoms with E-state index in [9.17, 15) is 4.79 Å². The fraction of sp³-hybridized carbons (Fsp3) is 0.308. The second-order valence-electron chi connectivity index (χ2n) is 3.04. The Hall–Kier alpha value is -1.61. The first kappa shape index (κ1) is 14.4. The van der Waals surface area contributed by atoms with Crippen LogP contribution in [0.2, 0.25) is 0 Å². The van der Waals surface area contributed by atoms with Crippen LogP contribution in [0, 0.1) is 0 Å². The van der Waals surface area contributed by atoms with Gasteiger partial charge in [0.2, 0.25) is 0 Å². The molecule has 1 atom stereocenters. The number of hydrogen-bond donors (Lipinski definition) is 1. The molecule has 1 aromatic carbocycles. The number of ether oxygens (including phenoxy) is 1. The van der Waals surface area contributed by atoms with E-state index in [-0.39, 0.29) is 0 Å². The molecule has 0 fully saturated rings. The van der Waals surface area contributed by atoms with Crippen molar-refractivity contribution < 1.29 is 14.6 Å². The van der Waals surface area contributed by atoms with E-state index in [1.165, 1.54) is 12.5 Å². The number of esters is 1. The Morgan fingerprint density at radius 3 is 2.31 bits per heavy atom. The van der Waals surface area contributed by atoms with Gasteiger partial charge in [0, 0.05) is 0 Å². The van der Waals surface area contributed by atoms with Crippen LogP contribution in [0.15, 0.2) is 36.9 Å². The Balaban J connectivity index is 0.000000281. The van der Waals surface area contributed by atoms with E-state index >= 15 is 0 Å². The van der Waals surface area contributed by atoms with Gasteiger partial charge in [-0.2, -0.15) is 0 Å². The molecule has 1 aromatic rings. The minimum absolute atomic E-state index is 0.323. The summed E-state index contributed by atoms with van der Waals surface area (Å²) in [7, 11) is 0. The first-order chi connectivity index (χ1) is 7.61. The van der Waals surface area contributed by atoms with Gasteiger partial charge in [-0.05, 0) is 19.4 Å². The summed E-state index contributed by atoms with van der Waals surface area (Å²) in [5, 5.41) is 8.48. The van der Waals surface area contributed by atoms with Crippen LogP contribution in [-0.4, -0.2) is 23.8 Å². The lowest BCUT2D eigenvalue weighted by Crippen LogP contribution is -2.18. The summed E-state index contributed by atoms with van der Waals surface area (Å²) in [5.41, 5.74) is 1.17. The fourth-order valence-electron chi connectivity index (χ4n) is 0.852. The molecule has 1 N–H and O–H groups in total. The Morgan fingerprint density at radius 1 is 1.50 bits per heavy atom. The largest absolute Gasteiger partial charge is 0.464 e. The first-order valence-corrected chi connectivity index (χ1v) is 5.14. The zero-order chi connectivity index (χ0) is 12.4. The van der Waals surface area contributed by atoms with Crippen LogP contribution in [0.5, 0.6) is 0 Å². The molecule has 16 heavy (non-hydrogen) atoms. The molecule has 0 spiro atoms. The highest BCUT2D eigenvalue weighted by Crippen LogP contribution is 1.97. The average Bonchev–Trinajstić information content (AvgIpc) is 2.31. The van der Waals surface area contributed by atoms with Gasteiger partial charge in [-0.1, -0.05) is 43.0 Å². The van der Waals surface area contributed by atoms with Gasteiger partial charge in [0.15, 0.2) is 0 Å². The number of benzene rings is 1. The minimum atomic E-state index is -0.991. The van der Waals surface area contributed by atoms with Crippen LogP contribution in [-0.2, 0) is 9.53 Å². The number of carbonyl (C=O) groups excluding carboxylic acids is 1. The molecule has 1 rings (SSSR count). The van der Waals surface area contributed by atoms with E-state index in [0.29, 0.717) is 6.61 Å². The second-order valence-corrected chi connectivity index (χ2v) is 3.04. The number of hydrogen-bond acceptors (Lipinski definition) is 3. The lowest BCUT2D eigenvalue weighted by molar-refractivity contribution is -0.151. The molecule has 0 aromatic heterocycles. The van der Waals surface area contributed by atoms with E-state index in [1.54, 1.807) is 6.92 Å². The summed E-state index contributed by atoms with van der Waals surface area (Å²) >= 11 is 0. The van der Waals surface area contributed by atoms with Crippen LogP contribution < -0.4 is 0 Å². The van der Waals surface area contributed by atoms with Gasteiger partial charge in [-0.25, -0.2) is 4.79 Å². The molecule has 0 radical (unpaired) electrons. The maximum atomic E-state index is 10.3. The van der Waals surface area contributed by atoms with E-state index in [1.807, 2.05) is 36.4 Å². The van der Waals surface area contributed by atoms with Gasteiger partial charge in [0.1, 0.15) is 6.10 Å². The summed E-state index contributed by atoms with van der Waals surface area (Å²) in [5.74, 6) is -0.562. The lowest BCUT2D eigenvalue weighted by atomic mass is 10.2. The Kier molecular flexibility index (Phi) is 7.81. The monoisotopic (exact) mass is 222 g/mol. The van der Waals surface area contributed by atoms with Crippen molar-refractivity contribution in [2.75, 3.05) is 6.61 Å². The molecule has 0 aliphatic carbocycles. The second kappa shape index (κ2) is 8.68. The van der Waals surface area contributed by atoms with Crippen molar-refractivity contribution in [3.8, 4) is 0 Å². The number of carbonyl (C=O) groups is 1. The summed E-state index contributed by atoms with van der Waals surface area (Å²) in [4.78, 5) is 10.3. The Labute approximate surface area is 96.4 Å². The number of aliphatic hydroxyl groups is 1. The third kappa shape index (κ3) is 6.79. The molecule has 0 heterocycles. The summed E-state index contributed by atoms with van der Waals surface area (Å²) < 4.78 is 4.41. The standard InChI is InChI=1S/C8H8.C5H10O3/c1-2-8-6-4-3-5-7-8;1-3-8-5(7)4(2)6/h2-7H,1H2;4,6H,3H2,1-2H3. The van der Waals surface area contributed by atoms with E-state index < -0.39 is 12.1 Å². The zero-order valence-electron chi connectivity index (χ0n) is 9.72. The molecule has 3 nitrogen and oxygen atoms in total. The molecular weight excluding hydrogens is 204 g/mol. The average molecular weight is 222 g/mol. The fourth-order valence-corrected chi connectivity index (χ4v) is 0.852. The van der Waals surface area contributed by atoms with Crippen molar-refractivity contribution in [2.45, 2.75) is 20.0 Å². The van der Waals surface area contributed by atoms with Crippen molar-refractivity contribution in [3.63, 3.8) is 0 Å². The van der Waals surface area contributed by atoms with Crippen molar-refractivity contribution in [2.24, 2.45) is 0 Å². The van der Waals surface area contributed by atoms with Gasteiger partial charge in [-0.3, -0.25) is 0 Å². The van der Waals surface area contributed by atoms with E-state index in [4.69, 9.17) is 5.11 Å². The molecule has 0 amide bonds. The van der Waals surface area contributed by atoms with Gasteiger partial charge in [-0.15, -0.1) is 0 Å². The maximum absolute atomic E-state index is 10.3. The predicted molar refractivity (Wildman–Crippen MR) is 64.8 cm³/mol. The molecule has 0 aliphatic rings. The van der Waals surface area contributed by atoms with Crippen molar-refractivity contribution in [1.82, 2.24) is 0 Å². The molecule has 3 heteroatoms. The normalized spacial score (nSPS) is 10.7. The molecule has 0 aliphatic heterocycles. The summed E-state index contributed by atoms with van der Waals surface area (Å²) in [6, 6.07) is 10.0. The van der Waals surface area contributed by atoms with E-state index in [2.05, 4.69) is 11.3 Å². The predicted octanol–water partition coefficient (Wildman–Crippen LogP) is 2.26. The van der Waals surface area contributed by atoms with Crippen molar-refractivity contribution in [1.29, 1.82) is 0 Å². The van der Waals surface area contributed by atoms with Gasteiger partial charge >= 0.3 is 5.97 Å². The Bertz CT molecular complexity index is 304. The van der Waals surface area contributed by atoms with Crippen molar-refractivity contribution in [3.05, 3.63) is 42.5 Å². The quantitative estimate of drug-likeness (QED) is 0.798. The number of rotatable bonds is 3. The molecule has 88 valence electrons. The topological polar surface area (TPSA) is 46.5 Å². The minimum Gasteiger partial charge on any atom is -0.464 e. The van der Waals surface area contributed by atoms with Gasteiger partial charge < -0.3 is 9.84 Å². The lowest BCUT2D eigenvalue weighted by Gasteiger charge is -2.01. The third-order valence-electron chi connectivity index (χ3n) is 1.66. The SMILES string of the molecule is C=Cc1ccccc1.CCOC(=O)C(C)O. The molecule has 0 bridgehead atoms. The molecule has 0 saturated carbocycles. The van der Waals surface area contributed by atoms with Crippen LogP contribution in [0.25, 0.3) is 6.08 Å². The highest BCUT2D eigenvalue weighted by molar-refractivity contribution is 5.73. The van der Waals surface area contributed by atoms with E-state index in [0.717, 1.165) is 0 Å². The highest BCUT2D eigenvalue weighted by Gasteiger charge is 2.07. The smallest absolute Gasteiger partial charge is 0.334 e. The molecular formula is C13H18O3. The third-order valence-corrected chi connectivity index (χ3v) is 1.66. The maximum Gasteiger partial charge on any atom is 0.334 e. The molecule has 1 unspecified atom stereocenters. The van der Waals surface area contributed by atoms with Crippen LogP contribution in [0.4, 0.5) is 0 Å². The van der Waals surface area contributed by atoms with Crippen molar-refractivity contribution >= 4 is 12.0 Å². The summed E-state index contributed by atoms with van der Waals surface area (Å²) in [6.07, 6.45) is 0.843. The highest BCUT2D eigenvalue weighted by atomic mass is 16.5. The Morgan fingerprint density at radius 2 is 2.06 bits per heavy atom. The zero-order valence-corrected chi connectivity index (χ0v) is 9.72. The summed E-state index contributed by atoms with van der Waals surface area (Å²) in [6.45, 7) is 7.02. The van der Waals surface area contributed by atoms with Gasteiger partial charge in [0.05, 0.1) is 6.61 Å². The van der Waals surface area contributed by atoms with Crippen LogP contribution in [0.1, 0.15) is 19.4 Å². The van der Waals surface area contributed by atoms with Gasteiger partial charge in [0.25, 0.3) is 0 Å². The number of aliphatic hydroxyl groups excluding tert-OH is 1. The first-order valence-electron chi connectivity index (χ1n) is 5.14. The van der Waals surface area contributed by atoms with Crippen LogP contribution >= 0.6 is 0 Å². The molecule has 0 saturated heterocycles. The van der Waals surface area contributed by atoms with Crippen LogP contribution in [0.3, 0.4) is 0 Å².